The molecule has 3 heterocycles. The van der Waals surface area contributed by atoms with Crippen molar-refractivity contribution in [2.45, 2.75) is 47.0 Å². The number of hydrogen-bond acceptors (Lipinski definition) is 4. The van der Waals surface area contributed by atoms with Crippen LogP contribution in [-0.2, 0) is 5.41 Å². The highest BCUT2D eigenvalue weighted by atomic mass is 16.5. The van der Waals surface area contributed by atoms with Crippen LogP contribution in [-0.4, -0.2) is 16.2 Å². The van der Waals surface area contributed by atoms with Crippen LogP contribution in [0.2, 0.25) is 0 Å². The van der Waals surface area contributed by atoms with E-state index in [2.05, 4.69) is 244 Å². The minimum Gasteiger partial charge on any atom is -0.457 e. The van der Waals surface area contributed by atoms with Gasteiger partial charge in [0.05, 0.1) is 17.7 Å². The molecule has 0 bridgehead atoms. The average molecular weight is 821 g/mol. The second kappa shape index (κ2) is 15.8. The molecule has 0 fully saturated rings. The van der Waals surface area contributed by atoms with Crippen molar-refractivity contribution in [2.24, 2.45) is 5.41 Å². The van der Waals surface area contributed by atoms with Crippen LogP contribution in [0.15, 0.2) is 200 Å². The Morgan fingerprint density at radius 3 is 1.65 bits per heavy atom. The van der Waals surface area contributed by atoms with Crippen LogP contribution in [0.4, 0.5) is 11.4 Å². The first kappa shape index (κ1) is 39.7. The van der Waals surface area contributed by atoms with Crippen molar-refractivity contribution in [1.29, 1.82) is 0 Å². The molecule has 5 nitrogen and oxygen atoms in total. The molecule has 0 aliphatic carbocycles. The summed E-state index contributed by atoms with van der Waals surface area (Å²) in [6, 6.07) is 64.9. The van der Waals surface area contributed by atoms with Gasteiger partial charge < -0.3 is 14.5 Å². The lowest BCUT2D eigenvalue weighted by atomic mass is 9.88. The molecule has 1 aliphatic heterocycles. The van der Waals surface area contributed by atoms with E-state index in [0.717, 1.165) is 56.2 Å². The van der Waals surface area contributed by atoms with Gasteiger partial charge in [0.25, 0.3) is 0 Å². The lowest BCUT2D eigenvalue weighted by Crippen LogP contribution is -2.30. The first-order chi connectivity index (χ1) is 30.5. The monoisotopic (exact) mass is 820 g/mol. The number of aromatic nitrogens is 2. The van der Waals surface area contributed by atoms with E-state index in [0.29, 0.717) is 6.67 Å². The van der Waals surface area contributed by atoms with Crippen molar-refractivity contribution < 1.29 is 4.74 Å². The summed E-state index contributed by atoms with van der Waals surface area (Å²) < 4.78 is 9.25. The van der Waals surface area contributed by atoms with E-state index >= 15 is 0 Å². The molecule has 0 saturated heterocycles. The van der Waals surface area contributed by atoms with E-state index in [1.807, 2.05) is 6.20 Å². The fourth-order valence-electron chi connectivity index (χ4n) is 8.83. The van der Waals surface area contributed by atoms with Crippen molar-refractivity contribution in [2.75, 3.05) is 16.5 Å². The molecule has 0 radical (unpaired) electrons. The van der Waals surface area contributed by atoms with Gasteiger partial charge in [-0.15, -0.1) is 0 Å². The van der Waals surface area contributed by atoms with Crippen LogP contribution >= 0.6 is 0 Å². The zero-order chi connectivity index (χ0) is 43.3. The molecule has 0 N–H and O–H groups in total. The van der Waals surface area contributed by atoms with Crippen molar-refractivity contribution in [3.8, 4) is 50.7 Å². The van der Waals surface area contributed by atoms with Crippen molar-refractivity contribution in [3.63, 3.8) is 0 Å². The second-order valence-electron chi connectivity index (χ2n) is 18.7. The van der Waals surface area contributed by atoms with E-state index < -0.39 is 0 Å². The van der Waals surface area contributed by atoms with Gasteiger partial charge in [-0.2, -0.15) is 0 Å². The van der Waals surface area contributed by atoms with Crippen molar-refractivity contribution >= 4 is 33.2 Å². The standard InChI is InChI=1S/C58H52N4O/c1-57(2,3)46-28-29-59-56(35-46)62-53-25-17-16-24-51(53)52-27-26-49(37-54(52)62)63-50-34-45(42-22-14-9-15-23-42)33-48(36-50)61-39-60(38-55(61)58(4,5)6)47-31-43(40-18-10-7-11-19-40)30-44(32-47)41-20-12-8-13-21-41/h7-38H,39H2,1-6H3. The van der Waals surface area contributed by atoms with Gasteiger partial charge in [-0.25, -0.2) is 4.98 Å². The molecular weight excluding hydrogens is 769 g/mol. The Labute approximate surface area is 371 Å². The first-order valence-electron chi connectivity index (χ1n) is 21.9. The van der Waals surface area contributed by atoms with Crippen LogP contribution in [0.3, 0.4) is 0 Å². The molecule has 10 rings (SSSR count). The van der Waals surface area contributed by atoms with Crippen LogP contribution in [0.5, 0.6) is 11.5 Å². The predicted molar refractivity (Wildman–Crippen MR) is 264 cm³/mol. The van der Waals surface area contributed by atoms with Gasteiger partial charge >= 0.3 is 0 Å². The maximum absolute atomic E-state index is 6.98. The van der Waals surface area contributed by atoms with E-state index in [1.54, 1.807) is 0 Å². The SMILES string of the molecule is CC(C)(C)C1=CN(c2cc(-c3ccccc3)cc(-c3ccccc3)c2)CN1c1cc(Oc2ccc3c4ccccc4n(-c4cc(C(C)(C)C)ccn4)c3c2)cc(-c2ccccc2)c1. The van der Waals surface area contributed by atoms with Crippen LogP contribution in [0.1, 0.15) is 47.1 Å². The fourth-order valence-corrected chi connectivity index (χ4v) is 8.83. The minimum atomic E-state index is -0.158. The number of hydrogen-bond donors (Lipinski definition) is 0. The quantitative estimate of drug-likeness (QED) is 0.153. The van der Waals surface area contributed by atoms with E-state index in [4.69, 9.17) is 9.72 Å². The molecule has 0 saturated carbocycles. The van der Waals surface area contributed by atoms with Gasteiger partial charge in [0.2, 0.25) is 0 Å². The lowest BCUT2D eigenvalue weighted by Gasteiger charge is -2.31. The highest BCUT2D eigenvalue weighted by Gasteiger charge is 2.32. The Hall–Kier alpha value is -7.37. The molecule has 0 atom stereocenters. The summed E-state index contributed by atoms with van der Waals surface area (Å²) in [6.07, 6.45) is 4.26. The van der Waals surface area contributed by atoms with E-state index in [-0.39, 0.29) is 10.8 Å². The summed E-state index contributed by atoms with van der Waals surface area (Å²) >= 11 is 0. The number of para-hydroxylation sites is 1. The second-order valence-corrected chi connectivity index (χ2v) is 18.7. The van der Waals surface area contributed by atoms with Gasteiger partial charge in [0.1, 0.15) is 17.3 Å². The summed E-state index contributed by atoms with van der Waals surface area (Å²) in [6.45, 7) is 14.3. The number of ether oxygens (including phenoxy) is 1. The van der Waals surface area contributed by atoms with Gasteiger partial charge in [0.15, 0.2) is 0 Å². The predicted octanol–water partition coefficient (Wildman–Crippen LogP) is 15.4. The normalized spacial score (nSPS) is 13.2. The van der Waals surface area contributed by atoms with Gasteiger partial charge in [0, 0.05) is 57.8 Å². The number of nitrogens with zero attached hydrogens (tertiary/aromatic N) is 4. The molecule has 310 valence electrons. The Bertz CT molecular complexity index is 3080. The zero-order valence-corrected chi connectivity index (χ0v) is 36.9. The summed E-state index contributed by atoms with van der Waals surface area (Å²) in [7, 11) is 0. The third kappa shape index (κ3) is 7.87. The molecule has 9 aromatic rings. The van der Waals surface area contributed by atoms with Gasteiger partial charge in [-0.05, 0) is 105 Å². The summed E-state index contributed by atoms with van der Waals surface area (Å²) in [5, 5.41) is 2.34. The van der Waals surface area contributed by atoms with Crippen LogP contribution in [0.25, 0.3) is 61.0 Å². The number of pyridine rings is 1. The third-order valence-electron chi connectivity index (χ3n) is 12.1. The van der Waals surface area contributed by atoms with Gasteiger partial charge in [-0.1, -0.05) is 151 Å². The van der Waals surface area contributed by atoms with Crippen LogP contribution < -0.4 is 14.5 Å². The van der Waals surface area contributed by atoms with E-state index in [1.165, 1.54) is 38.9 Å². The molecule has 5 heteroatoms. The Balaban J connectivity index is 1.07. The number of rotatable bonds is 8. The maximum Gasteiger partial charge on any atom is 0.137 e. The topological polar surface area (TPSA) is 33.5 Å². The number of allylic oxidation sites excluding steroid dienone is 1. The molecule has 0 spiro atoms. The average Bonchev–Trinajstić information content (AvgIpc) is 3.91. The molecule has 2 aromatic heterocycles. The molecule has 7 aromatic carbocycles. The highest BCUT2D eigenvalue weighted by molar-refractivity contribution is 6.09. The molecule has 0 amide bonds. The lowest BCUT2D eigenvalue weighted by molar-refractivity contribution is 0.481. The summed E-state index contributed by atoms with van der Waals surface area (Å²) in [4.78, 5) is 9.76. The summed E-state index contributed by atoms with van der Waals surface area (Å²) in [5.41, 5.74) is 13.6. The minimum absolute atomic E-state index is 0.0160. The van der Waals surface area contributed by atoms with Crippen LogP contribution in [0, 0.1) is 5.41 Å². The molecule has 0 unspecified atom stereocenters. The smallest absolute Gasteiger partial charge is 0.137 e. The van der Waals surface area contributed by atoms with Crippen molar-refractivity contribution in [1.82, 2.24) is 9.55 Å². The molecule has 63 heavy (non-hydrogen) atoms. The maximum atomic E-state index is 6.98. The summed E-state index contributed by atoms with van der Waals surface area (Å²) in [5.74, 6) is 2.42. The Morgan fingerprint density at radius 1 is 0.460 bits per heavy atom. The first-order valence-corrected chi connectivity index (χ1v) is 21.9. The van der Waals surface area contributed by atoms with Crippen molar-refractivity contribution in [3.05, 3.63) is 206 Å². The molecule has 1 aliphatic rings. The third-order valence-corrected chi connectivity index (χ3v) is 12.1. The zero-order valence-electron chi connectivity index (χ0n) is 36.9. The Morgan fingerprint density at radius 2 is 1.03 bits per heavy atom. The number of benzene rings is 7. The number of fused-ring (bicyclic) bond motifs is 3. The highest BCUT2D eigenvalue weighted by Crippen LogP contribution is 2.43. The number of anilines is 2. The largest absolute Gasteiger partial charge is 0.457 e. The fraction of sp³-hybridized carbons (Fsp3) is 0.155. The molecular formula is C58H52N4O. The Kier molecular flexibility index (Phi) is 9.99. The van der Waals surface area contributed by atoms with E-state index in [9.17, 15) is 0 Å². The van der Waals surface area contributed by atoms with Gasteiger partial charge in [-0.3, -0.25) is 4.57 Å².